The van der Waals surface area contributed by atoms with Crippen molar-refractivity contribution in [1.29, 1.82) is 0 Å². The van der Waals surface area contributed by atoms with Gasteiger partial charge in [0.15, 0.2) is 0 Å². The second-order valence-corrected chi connectivity index (χ2v) is 6.11. The van der Waals surface area contributed by atoms with Crippen molar-refractivity contribution in [2.75, 3.05) is 13.1 Å². The molecule has 0 aliphatic heterocycles. The van der Waals surface area contributed by atoms with Gasteiger partial charge in [0.25, 0.3) is 11.6 Å². The molecule has 3 aromatic rings. The second-order valence-electron chi connectivity index (χ2n) is 6.11. The van der Waals surface area contributed by atoms with Gasteiger partial charge < -0.3 is 15.2 Å². The molecule has 1 heterocycles. The number of non-ortho nitro benzene ring substituents is 1. The molecule has 0 aliphatic rings. The van der Waals surface area contributed by atoms with Gasteiger partial charge in [0.1, 0.15) is 0 Å². The number of carbonyl (C=O) groups excluding carboxylic acids is 2. The van der Waals surface area contributed by atoms with Crippen LogP contribution in [-0.2, 0) is 0 Å². The first-order valence-electron chi connectivity index (χ1n) is 8.65. The number of hydrogen-bond donors (Lipinski definition) is 2. The van der Waals surface area contributed by atoms with E-state index < -0.39 is 16.7 Å². The van der Waals surface area contributed by atoms with E-state index >= 15 is 0 Å². The fraction of sp³-hybridized carbons (Fsp3) is 0.158. The van der Waals surface area contributed by atoms with Crippen LogP contribution in [0.25, 0.3) is 11.4 Å². The first-order chi connectivity index (χ1) is 13.9. The summed E-state index contributed by atoms with van der Waals surface area (Å²) in [6, 6.07) is 12.8. The minimum Gasteiger partial charge on any atom is -0.350 e. The molecule has 0 atom stereocenters. The van der Waals surface area contributed by atoms with E-state index in [2.05, 4.69) is 20.8 Å². The average molecular weight is 395 g/mol. The molecule has 10 heteroatoms. The molecule has 0 aliphatic carbocycles. The largest absolute Gasteiger partial charge is 0.350 e. The van der Waals surface area contributed by atoms with Crippen molar-refractivity contribution in [2.24, 2.45) is 0 Å². The Morgan fingerprint density at radius 3 is 2.45 bits per heavy atom. The number of nitrogens with zero attached hydrogens (tertiary/aromatic N) is 3. The van der Waals surface area contributed by atoms with E-state index in [-0.39, 0.29) is 30.2 Å². The third-order valence-corrected chi connectivity index (χ3v) is 3.95. The maximum atomic E-state index is 12.1. The van der Waals surface area contributed by atoms with E-state index in [4.69, 9.17) is 4.52 Å². The molecule has 2 aromatic carbocycles. The zero-order valence-corrected chi connectivity index (χ0v) is 15.4. The highest BCUT2D eigenvalue weighted by Gasteiger charge is 2.16. The summed E-state index contributed by atoms with van der Waals surface area (Å²) in [7, 11) is 0. The quantitative estimate of drug-likeness (QED) is 0.355. The van der Waals surface area contributed by atoms with Crippen molar-refractivity contribution in [3.8, 4) is 11.4 Å². The number of nitro groups is 1. The smallest absolute Gasteiger partial charge is 0.316 e. The van der Waals surface area contributed by atoms with Crippen LogP contribution in [0.1, 0.15) is 26.6 Å². The minimum atomic E-state index is -0.577. The maximum absolute atomic E-state index is 12.1. The van der Waals surface area contributed by atoms with Gasteiger partial charge in [-0.05, 0) is 13.0 Å². The molecule has 10 nitrogen and oxygen atoms in total. The zero-order valence-electron chi connectivity index (χ0n) is 15.4. The summed E-state index contributed by atoms with van der Waals surface area (Å²) in [4.78, 5) is 38.4. The zero-order chi connectivity index (χ0) is 20.8. The Morgan fingerprint density at radius 2 is 1.76 bits per heavy atom. The van der Waals surface area contributed by atoms with Gasteiger partial charge >= 0.3 is 11.8 Å². The highest BCUT2D eigenvalue weighted by molar-refractivity contribution is 5.95. The van der Waals surface area contributed by atoms with Gasteiger partial charge in [0.05, 0.1) is 4.92 Å². The van der Waals surface area contributed by atoms with Gasteiger partial charge in [-0.2, -0.15) is 4.98 Å². The summed E-state index contributed by atoms with van der Waals surface area (Å²) in [5, 5.41) is 19.7. The lowest BCUT2D eigenvalue weighted by atomic mass is 10.1. The topological polar surface area (TPSA) is 140 Å². The molecule has 148 valence electrons. The average Bonchev–Trinajstić information content (AvgIpc) is 3.22. The normalized spacial score (nSPS) is 10.4. The number of carbonyl (C=O) groups is 2. The van der Waals surface area contributed by atoms with Gasteiger partial charge in [0, 0.05) is 36.3 Å². The van der Waals surface area contributed by atoms with Crippen molar-refractivity contribution in [2.45, 2.75) is 6.92 Å². The van der Waals surface area contributed by atoms with Crippen molar-refractivity contribution in [1.82, 2.24) is 20.8 Å². The number of benzene rings is 2. The summed E-state index contributed by atoms with van der Waals surface area (Å²) < 4.78 is 4.97. The molecule has 0 radical (unpaired) electrons. The molecule has 1 aromatic heterocycles. The van der Waals surface area contributed by atoms with Crippen molar-refractivity contribution >= 4 is 17.5 Å². The molecule has 0 unspecified atom stereocenters. The first-order valence-corrected chi connectivity index (χ1v) is 8.65. The fourth-order valence-corrected chi connectivity index (χ4v) is 2.43. The van der Waals surface area contributed by atoms with Gasteiger partial charge in [-0.3, -0.25) is 19.7 Å². The molecule has 2 amide bonds. The van der Waals surface area contributed by atoms with Crippen LogP contribution in [0.5, 0.6) is 0 Å². The number of rotatable bonds is 7. The van der Waals surface area contributed by atoms with Gasteiger partial charge in [-0.25, -0.2) is 0 Å². The van der Waals surface area contributed by atoms with Crippen LogP contribution < -0.4 is 10.6 Å². The summed E-state index contributed by atoms with van der Waals surface area (Å²) >= 11 is 0. The SMILES string of the molecule is Cc1ccc(-c2noc(C(=O)NCCNC(=O)c3cccc([N+](=O)[O-])c3)n2)cc1. The maximum Gasteiger partial charge on any atom is 0.316 e. The van der Waals surface area contributed by atoms with E-state index in [9.17, 15) is 19.7 Å². The molecule has 0 fully saturated rings. The lowest BCUT2D eigenvalue weighted by molar-refractivity contribution is -0.384. The Balaban J connectivity index is 1.49. The highest BCUT2D eigenvalue weighted by atomic mass is 16.6. The predicted molar refractivity (Wildman–Crippen MR) is 102 cm³/mol. The van der Waals surface area contributed by atoms with Crippen LogP contribution in [0.3, 0.4) is 0 Å². The summed E-state index contributed by atoms with van der Waals surface area (Å²) in [6.07, 6.45) is 0. The molecule has 0 saturated heterocycles. The van der Waals surface area contributed by atoms with E-state index in [0.717, 1.165) is 11.1 Å². The van der Waals surface area contributed by atoms with Crippen LogP contribution in [-0.4, -0.2) is 40.0 Å². The van der Waals surface area contributed by atoms with E-state index in [1.165, 1.54) is 24.3 Å². The van der Waals surface area contributed by atoms with E-state index in [1.54, 1.807) is 0 Å². The van der Waals surface area contributed by atoms with E-state index in [1.807, 2.05) is 31.2 Å². The van der Waals surface area contributed by atoms with Gasteiger partial charge in [-0.1, -0.05) is 41.1 Å². The number of aryl methyl sites for hydroxylation is 1. The molecule has 3 rings (SSSR count). The Hall–Kier alpha value is -4.08. The number of nitrogens with one attached hydrogen (secondary N) is 2. The van der Waals surface area contributed by atoms with Gasteiger partial charge in [0.2, 0.25) is 5.82 Å². The molecule has 2 N–H and O–H groups in total. The molecular weight excluding hydrogens is 378 g/mol. The molecule has 0 bridgehead atoms. The van der Waals surface area contributed by atoms with Crippen molar-refractivity contribution in [3.63, 3.8) is 0 Å². The Labute approximate surface area is 165 Å². The lowest BCUT2D eigenvalue weighted by Gasteiger charge is -2.05. The van der Waals surface area contributed by atoms with Gasteiger partial charge in [-0.15, -0.1) is 0 Å². The monoisotopic (exact) mass is 395 g/mol. The lowest BCUT2D eigenvalue weighted by Crippen LogP contribution is -2.34. The minimum absolute atomic E-state index is 0.113. The Morgan fingerprint density at radius 1 is 1.07 bits per heavy atom. The summed E-state index contributed by atoms with van der Waals surface area (Å²) in [5.41, 5.74) is 1.79. The van der Waals surface area contributed by atoms with Crippen LogP contribution in [0, 0.1) is 17.0 Å². The van der Waals surface area contributed by atoms with Crippen molar-refractivity contribution in [3.05, 3.63) is 75.7 Å². The van der Waals surface area contributed by atoms with Crippen molar-refractivity contribution < 1.29 is 19.0 Å². The molecule has 0 spiro atoms. The molecule has 0 saturated carbocycles. The third kappa shape index (κ3) is 5.01. The van der Waals surface area contributed by atoms with Crippen LogP contribution in [0.15, 0.2) is 53.1 Å². The number of amides is 2. The van der Waals surface area contributed by atoms with E-state index in [0.29, 0.717) is 5.82 Å². The standard InChI is InChI=1S/C19H17N5O5/c1-12-5-7-13(8-6-12)16-22-19(29-23-16)18(26)21-10-9-20-17(25)14-3-2-4-15(11-14)24(27)28/h2-8,11H,9-10H2,1H3,(H,20,25)(H,21,26). The number of hydrogen-bond acceptors (Lipinski definition) is 7. The van der Waals surface area contributed by atoms with Crippen LogP contribution in [0.4, 0.5) is 5.69 Å². The highest BCUT2D eigenvalue weighted by Crippen LogP contribution is 2.16. The Kier molecular flexibility index (Phi) is 5.93. The first kappa shape index (κ1) is 19.7. The molecule has 29 heavy (non-hydrogen) atoms. The Bertz CT molecular complexity index is 1050. The molecular formula is C19H17N5O5. The van der Waals surface area contributed by atoms with Crippen LogP contribution >= 0.6 is 0 Å². The predicted octanol–water partition coefficient (Wildman–Crippen LogP) is 2.11. The third-order valence-electron chi connectivity index (χ3n) is 3.95. The second kappa shape index (κ2) is 8.74. The fourth-order valence-electron chi connectivity index (χ4n) is 2.43. The number of nitro benzene ring substituents is 1. The summed E-state index contributed by atoms with van der Waals surface area (Å²) in [6.45, 7) is 2.19. The van der Waals surface area contributed by atoms with Crippen LogP contribution in [0.2, 0.25) is 0 Å². The summed E-state index contributed by atoms with van der Waals surface area (Å²) in [5.74, 6) is -0.942. The number of aromatic nitrogens is 2.